The van der Waals surface area contributed by atoms with Crippen molar-refractivity contribution in [1.29, 1.82) is 0 Å². The first-order valence-electron chi connectivity index (χ1n) is 12.6. The van der Waals surface area contributed by atoms with E-state index in [0.29, 0.717) is 0 Å². The summed E-state index contributed by atoms with van der Waals surface area (Å²) < 4.78 is 29.0. The van der Waals surface area contributed by atoms with E-state index in [1.54, 1.807) is 13.1 Å². The topological polar surface area (TPSA) is 112 Å². The Morgan fingerprint density at radius 1 is 1.29 bits per heavy atom. The van der Waals surface area contributed by atoms with Crippen LogP contribution in [0.15, 0.2) is 11.2 Å². The number of nitrogens with zero attached hydrogens (tertiary/aromatic N) is 4. The molecule has 3 N–H and O–H groups in total. The zero-order chi connectivity index (χ0) is 24.8. The number of carbonyl (C=O) groups excluding carboxylic acids is 1. The highest BCUT2D eigenvalue weighted by Gasteiger charge is 2.30. The average Bonchev–Trinajstić information content (AvgIpc) is 3.54. The molecule has 3 fully saturated rings. The van der Waals surface area contributed by atoms with Crippen molar-refractivity contribution >= 4 is 23.9 Å². The average molecular weight is 495 g/mol. The van der Waals surface area contributed by atoms with Crippen LogP contribution in [0.25, 0.3) is 0 Å². The summed E-state index contributed by atoms with van der Waals surface area (Å²) in [6.45, 7) is 1.54. The molecule has 0 bridgehead atoms. The summed E-state index contributed by atoms with van der Waals surface area (Å²) in [5.41, 5.74) is 0.278. The number of aliphatic hydroxyl groups is 1. The minimum atomic E-state index is -2.85. The Labute approximate surface area is 204 Å². The van der Waals surface area contributed by atoms with Crippen LogP contribution in [0.5, 0.6) is 0 Å². The summed E-state index contributed by atoms with van der Waals surface area (Å²) >= 11 is 0. The molecule has 2 aliphatic carbocycles. The largest absolute Gasteiger partial charge is 0.393 e. The highest BCUT2D eigenvalue weighted by molar-refractivity contribution is 5.98. The quantitative estimate of drug-likeness (QED) is 0.406. The number of anilines is 1. The van der Waals surface area contributed by atoms with Crippen molar-refractivity contribution in [2.75, 3.05) is 31.6 Å². The first-order chi connectivity index (χ1) is 16.9. The summed E-state index contributed by atoms with van der Waals surface area (Å²) in [6.07, 6.45) is 9.57. The Morgan fingerprint density at radius 2 is 2.06 bits per heavy atom. The van der Waals surface area contributed by atoms with Gasteiger partial charge in [0.05, 0.1) is 12.7 Å². The predicted octanol–water partition coefficient (Wildman–Crippen LogP) is 2.98. The molecule has 0 radical (unpaired) electrons. The number of nitrogens with one attached hydrogen (secondary N) is 2. The van der Waals surface area contributed by atoms with E-state index in [1.165, 1.54) is 19.0 Å². The number of likely N-dealkylation sites (tertiary alicyclic amines) is 1. The SMILES string of the molecule is C[C@@H](COC(F)F)Nc1ncc(C(=O)N[C@H]2CCN(CC3CC3)C2)c(/N=C\C2CCC(O)CC2)n1. The van der Waals surface area contributed by atoms with Gasteiger partial charge in [-0.05, 0) is 63.7 Å². The molecule has 0 spiro atoms. The molecule has 1 amide bonds. The van der Waals surface area contributed by atoms with Gasteiger partial charge in [-0.25, -0.2) is 9.98 Å². The molecule has 11 heteroatoms. The number of amides is 1. The zero-order valence-electron chi connectivity index (χ0n) is 20.2. The molecule has 0 aromatic carbocycles. The molecule has 9 nitrogen and oxygen atoms in total. The van der Waals surface area contributed by atoms with E-state index in [1.807, 2.05) is 0 Å². The number of halogens is 2. The standard InChI is InChI=1S/C24H36F2N6O3/c1-15(14-35-23(25)26)29-24-28-11-20(21(31-24)27-10-16-4-6-19(33)7-5-16)22(34)30-18-8-9-32(13-18)12-17-2-3-17/h10-11,15-19,23,33H,2-9,12-14H2,1H3,(H,30,34)(H,28,29,31)/b27-10-/t15-,16?,18-,19?/m0/s1. The minimum absolute atomic E-state index is 0.0715. The second-order valence-electron chi connectivity index (χ2n) is 10.1. The molecule has 35 heavy (non-hydrogen) atoms. The van der Waals surface area contributed by atoms with Gasteiger partial charge >= 0.3 is 6.61 Å². The Morgan fingerprint density at radius 3 is 2.77 bits per heavy atom. The van der Waals surface area contributed by atoms with Crippen LogP contribution in [-0.2, 0) is 4.74 Å². The number of ether oxygens (including phenoxy) is 1. The number of alkyl halides is 2. The second kappa shape index (κ2) is 12.1. The maximum absolute atomic E-state index is 13.1. The van der Waals surface area contributed by atoms with E-state index >= 15 is 0 Å². The van der Waals surface area contributed by atoms with Crippen molar-refractivity contribution in [1.82, 2.24) is 20.2 Å². The molecule has 1 aliphatic heterocycles. The molecule has 1 aromatic rings. The van der Waals surface area contributed by atoms with Crippen molar-refractivity contribution in [3.63, 3.8) is 0 Å². The van der Waals surface area contributed by atoms with Crippen molar-refractivity contribution in [3.8, 4) is 0 Å². The van der Waals surface area contributed by atoms with Crippen LogP contribution >= 0.6 is 0 Å². The molecule has 2 heterocycles. The van der Waals surface area contributed by atoms with E-state index in [4.69, 9.17) is 0 Å². The lowest BCUT2D eigenvalue weighted by atomic mass is 9.88. The van der Waals surface area contributed by atoms with Gasteiger partial charge in [-0.15, -0.1) is 0 Å². The third kappa shape index (κ3) is 8.15. The van der Waals surface area contributed by atoms with Gasteiger partial charge in [0, 0.05) is 44.1 Å². The molecule has 2 atom stereocenters. The van der Waals surface area contributed by atoms with Gasteiger partial charge in [0.25, 0.3) is 5.91 Å². The molecule has 3 aliphatic rings. The van der Waals surface area contributed by atoms with Crippen LogP contribution in [0, 0.1) is 11.8 Å². The number of hydrogen-bond acceptors (Lipinski definition) is 8. The normalized spacial score (nSPS) is 26.4. The van der Waals surface area contributed by atoms with Crippen molar-refractivity contribution in [2.45, 2.75) is 76.7 Å². The van der Waals surface area contributed by atoms with Gasteiger partial charge in [-0.1, -0.05) is 0 Å². The fraction of sp³-hybridized carbons (Fsp3) is 0.750. The van der Waals surface area contributed by atoms with Crippen molar-refractivity contribution < 1.29 is 23.4 Å². The van der Waals surface area contributed by atoms with E-state index in [9.17, 15) is 18.7 Å². The van der Waals surface area contributed by atoms with E-state index in [0.717, 1.165) is 57.7 Å². The van der Waals surface area contributed by atoms with Gasteiger partial charge in [0.1, 0.15) is 5.56 Å². The van der Waals surface area contributed by atoms with Crippen LogP contribution in [0.1, 0.15) is 62.2 Å². The number of hydrogen-bond donors (Lipinski definition) is 3. The van der Waals surface area contributed by atoms with Gasteiger partial charge in [0.15, 0.2) is 5.82 Å². The first kappa shape index (κ1) is 25.8. The molecule has 1 aromatic heterocycles. The van der Waals surface area contributed by atoms with Crippen molar-refractivity contribution in [2.24, 2.45) is 16.8 Å². The predicted molar refractivity (Wildman–Crippen MR) is 128 cm³/mol. The molecule has 1 saturated heterocycles. The lowest BCUT2D eigenvalue weighted by Gasteiger charge is -2.22. The highest BCUT2D eigenvalue weighted by Crippen LogP contribution is 2.31. The highest BCUT2D eigenvalue weighted by atomic mass is 19.3. The Hall–Kier alpha value is -2.24. The Bertz CT molecular complexity index is 877. The van der Waals surface area contributed by atoms with Gasteiger partial charge in [0.2, 0.25) is 5.95 Å². The second-order valence-corrected chi connectivity index (χ2v) is 10.1. The van der Waals surface area contributed by atoms with Crippen LogP contribution in [0.2, 0.25) is 0 Å². The number of rotatable bonds is 11. The summed E-state index contributed by atoms with van der Waals surface area (Å²) in [6, 6.07) is -0.390. The van der Waals surface area contributed by atoms with Crippen LogP contribution < -0.4 is 10.6 Å². The molecular formula is C24H36F2N6O3. The summed E-state index contributed by atoms with van der Waals surface area (Å²) in [5, 5.41) is 15.8. The molecule has 2 saturated carbocycles. The fourth-order valence-electron chi connectivity index (χ4n) is 4.65. The fourth-order valence-corrected chi connectivity index (χ4v) is 4.65. The summed E-state index contributed by atoms with van der Waals surface area (Å²) in [4.78, 5) is 28.7. The van der Waals surface area contributed by atoms with Crippen LogP contribution in [0.3, 0.4) is 0 Å². The van der Waals surface area contributed by atoms with Crippen LogP contribution in [-0.4, -0.2) is 83.1 Å². The maximum Gasteiger partial charge on any atom is 0.345 e. The monoisotopic (exact) mass is 494 g/mol. The number of aromatic nitrogens is 2. The molecule has 0 unspecified atom stereocenters. The van der Waals surface area contributed by atoms with E-state index in [-0.39, 0.29) is 47.9 Å². The lowest BCUT2D eigenvalue weighted by molar-refractivity contribution is -0.130. The number of carbonyl (C=O) groups is 1. The third-order valence-corrected chi connectivity index (χ3v) is 6.83. The summed E-state index contributed by atoms with van der Waals surface area (Å²) in [7, 11) is 0. The number of aliphatic hydroxyl groups excluding tert-OH is 1. The summed E-state index contributed by atoms with van der Waals surface area (Å²) in [5.74, 6) is 1.17. The Balaban J connectivity index is 1.43. The van der Waals surface area contributed by atoms with Gasteiger partial charge < -0.3 is 25.4 Å². The number of aliphatic imine (C=N–C) groups is 1. The smallest absolute Gasteiger partial charge is 0.345 e. The van der Waals surface area contributed by atoms with Gasteiger partial charge in [-0.3, -0.25) is 4.79 Å². The van der Waals surface area contributed by atoms with Gasteiger partial charge in [-0.2, -0.15) is 13.8 Å². The third-order valence-electron chi connectivity index (χ3n) is 6.83. The molecule has 194 valence electrons. The van der Waals surface area contributed by atoms with E-state index < -0.39 is 12.7 Å². The first-order valence-corrected chi connectivity index (χ1v) is 12.6. The van der Waals surface area contributed by atoms with E-state index in [2.05, 4.69) is 35.2 Å². The molecular weight excluding hydrogens is 458 g/mol. The van der Waals surface area contributed by atoms with Crippen LogP contribution in [0.4, 0.5) is 20.5 Å². The Kier molecular flexibility index (Phi) is 8.96. The minimum Gasteiger partial charge on any atom is -0.393 e. The lowest BCUT2D eigenvalue weighted by Crippen LogP contribution is -2.37. The van der Waals surface area contributed by atoms with Crippen molar-refractivity contribution in [3.05, 3.63) is 11.8 Å². The molecule has 4 rings (SSSR count). The zero-order valence-corrected chi connectivity index (χ0v) is 20.2. The maximum atomic E-state index is 13.1.